The fourth-order valence-corrected chi connectivity index (χ4v) is 2.22. The van der Waals surface area contributed by atoms with Crippen LogP contribution in [-0.4, -0.2) is 38.1 Å². The van der Waals surface area contributed by atoms with Crippen molar-refractivity contribution in [3.8, 4) is 0 Å². The minimum Gasteiger partial charge on any atom is -0.544 e. The predicted octanol–water partition coefficient (Wildman–Crippen LogP) is -1.76. The molecule has 0 aliphatic carbocycles. The molecule has 1 atom stereocenters. The number of carbonyl (C=O) groups excluding carboxylic acids is 2. The molecular weight excluding hydrogens is 306 g/mol. The van der Waals surface area contributed by atoms with Crippen LogP contribution in [0.4, 0.5) is 5.69 Å². The van der Waals surface area contributed by atoms with Crippen LogP contribution in [0.1, 0.15) is 18.4 Å². The Balaban J connectivity index is 2.56. The molecule has 0 aliphatic rings. The van der Waals surface area contributed by atoms with Crippen molar-refractivity contribution in [3.63, 3.8) is 0 Å². The minimum absolute atomic E-state index is 0.135. The van der Waals surface area contributed by atoms with Crippen molar-refractivity contribution in [2.24, 2.45) is 0 Å². The van der Waals surface area contributed by atoms with Crippen LogP contribution in [0, 0.1) is 6.92 Å². The molecule has 1 rings (SSSR count). The van der Waals surface area contributed by atoms with Crippen molar-refractivity contribution < 1.29 is 25.3 Å². The Labute approximate surface area is 135 Å². The molecule has 1 aromatic carbocycles. The number of rotatable bonds is 9. The first kappa shape index (κ1) is 18.4. The molecule has 0 saturated carbocycles. The standard InChI is InChI=1S/C15H22ClN3O3/c1-10-11(16)5-3-6-12(10)19-14(20)9-13(15(21)22)18-8-4-7-17-2/h3,5-6,13,17-18H,4,7-9H2,1-2H3,(H,19,20)(H,21,22)/p+1/t13-/m0/s1. The Morgan fingerprint density at radius 1 is 1.36 bits per heavy atom. The van der Waals surface area contributed by atoms with E-state index in [9.17, 15) is 14.7 Å². The highest BCUT2D eigenvalue weighted by atomic mass is 35.5. The summed E-state index contributed by atoms with van der Waals surface area (Å²) in [7, 11) is 1.96. The molecule has 0 radical (unpaired) electrons. The summed E-state index contributed by atoms with van der Waals surface area (Å²) in [4.78, 5) is 23.1. The summed E-state index contributed by atoms with van der Waals surface area (Å²) in [6, 6.07) is 4.31. The lowest BCUT2D eigenvalue weighted by Crippen LogP contribution is -2.94. The molecule has 0 unspecified atom stereocenters. The zero-order valence-electron chi connectivity index (χ0n) is 12.9. The van der Waals surface area contributed by atoms with Gasteiger partial charge in [-0.2, -0.15) is 0 Å². The van der Waals surface area contributed by atoms with Crippen LogP contribution in [0.25, 0.3) is 0 Å². The normalized spacial score (nSPS) is 12.0. The number of hydrogen-bond acceptors (Lipinski definition) is 3. The molecule has 0 aliphatic heterocycles. The van der Waals surface area contributed by atoms with Crippen LogP contribution in [0.3, 0.4) is 0 Å². The summed E-state index contributed by atoms with van der Waals surface area (Å²) in [6.45, 7) is 3.36. The summed E-state index contributed by atoms with van der Waals surface area (Å²) in [5.74, 6) is -1.59. The van der Waals surface area contributed by atoms with Gasteiger partial charge in [0.15, 0.2) is 0 Å². The lowest BCUT2D eigenvalue weighted by Gasteiger charge is -2.16. The maximum atomic E-state index is 12.0. The summed E-state index contributed by atoms with van der Waals surface area (Å²) in [6.07, 6.45) is 0.736. The van der Waals surface area contributed by atoms with Crippen LogP contribution in [0.5, 0.6) is 0 Å². The number of amides is 1. The van der Waals surface area contributed by atoms with Gasteiger partial charge in [0, 0.05) is 17.1 Å². The van der Waals surface area contributed by atoms with E-state index in [0.717, 1.165) is 18.5 Å². The number of carbonyl (C=O) groups is 2. The second kappa shape index (κ2) is 9.40. The molecule has 0 bridgehead atoms. The van der Waals surface area contributed by atoms with Gasteiger partial charge >= 0.3 is 0 Å². The fraction of sp³-hybridized carbons (Fsp3) is 0.467. The summed E-state index contributed by atoms with van der Waals surface area (Å²) in [5, 5.41) is 18.0. The molecule has 0 spiro atoms. The smallest absolute Gasteiger partial charge is 0.230 e. The highest BCUT2D eigenvalue weighted by Crippen LogP contribution is 2.22. The van der Waals surface area contributed by atoms with Crippen molar-refractivity contribution in [2.45, 2.75) is 25.8 Å². The van der Waals surface area contributed by atoms with Crippen LogP contribution in [0.15, 0.2) is 18.2 Å². The Hall–Kier alpha value is -1.63. The van der Waals surface area contributed by atoms with E-state index in [-0.39, 0.29) is 12.3 Å². The summed E-state index contributed by atoms with van der Waals surface area (Å²) < 4.78 is 0. The van der Waals surface area contributed by atoms with Gasteiger partial charge in [0.1, 0.15) is 6.04 Å². The topological polar surface area (TPSA) is 102 Å². The monoisotopic (exact) mass is 328 g/mol. The van der Waals surface area contributed by atoms with Crippen LogP contribution < -0.4 is 21.1 Å². The van der Waals surface area contributed by atoms with Gasteiger partial charge in [-0.3, -0.25) is 4.79 Å². The molecule has 0 saturated heterocycles. The Morgan fingerprint density at radius 3 is 2.73 bits per heavy atom. The number of carboxylic acids is 1. The van der Waals surface area contributed by atoms with Crippen molar-refractivity contribution in [1.82, 2.24) is 0 Å². The van der Waals surface area contributed by atoms with Gasteiger partial charge in [-0.05, 0) is 24.6 Å². The summed E-state index contributed by atoms with van der Waals surface area (Å²) in [5.41, 5.74) is 1.35. The van der Waals surface area contributed by atoms with Gasteiger partial charge < -0.3 is 25.9 Å². The van der Waals surface area contributed by atoms with Crippen molar-refractivity contribution in [2.75, 3.05) is 25.5 Å². The first-order valence-electron chi connectivity index (χ1n) is 7.32. The molecule has 1 aromatic rings. The van der Waals surface area contributed by atoms with E-state index in [1.54, 1.807) is 30.4 Å². The van der Waals surface area contributed by atoms with E-state index in [0.29, 0.717) is 17.3 Å². The molecule has 0 fully saturated rings. The molecular formula is C15H23ClN3O3+. The third-order valence-electron chi connectivity index (χ3n) is 3.40. The number of nitrogens with two attached hydrogens (primary N) is 2. The fourth-order valence-electron chi connectivity index (χ4n) is 2.05. The molecule has 7 heteroatoms. The lowest BCUT2D eigenvalue weighted by atomic mass is 10.1. The molecule has 5 N–H and O–H groups in total. The molecule has 22 heavy (non-hydrogen) atoms. The second-order valence-corrected chi connectivity index (χ2v) is 5.57. The maximum Gasteiger partial charge on any atom is 0.230 e. The third-order valence-corrected chi connectivity index (χ3v) is 3.81. The van der Waals surface area contributed by atoms with Gasteiger partial charge in [0.2, 0.25) is 5.91 Å². The average Bonchev–Trinajstić information content (AvgIpc) is 2.47. The predicted molar refractivity (Wildman–Crippen MR) is 82.4 cm³/mol. The quantitative estimate of drug-likeness (QED) is 0.468. The number of anilines is 1. The van der Waals surface area contributed by atoms with Gasteiger partial charge in [-0.15, -0.1) is 0 Å². The summed E-state index contributed by atoms with van der Waals surface area (Å²) >= 11 is 5.99. The molecule has 0 heterocycles. The number of quaternary nitrogens is 2. The molecule has 0 aromatic heterocycles. The number of carboxylic acid groups (broad SMARTS) is 1. The Morgan fingerprint density at radius 2 is 2.09 bits per heavy atom. The van der Waals surface area contributed by atoms with E-state index < -0.39 is 12.0 Å². The molecule has 122 valence electrons. The Kier molecular flexibility index (Phi) is 7.87. The highest BCUT2D eigenvalue weighted by molar-refractivity contribution is 6.31. The van der Waals surface area contributed by atoms with Crippen LogP contribution in [-0.2, 0) is 9.59 Å². The Bertz CT molecular complexity index is 523. The second-order valence-electron chi connectivity index (χ2n) is 5.17. The average molecular weight is 329 g/mol. The van der Waals surface area contributed by atoms with E-state index in [4.69, 9.17) is 11.6 Å². The first-order chi connectivity index (χ1) is 10.5. The van der Waals surface area contributed by atoms with Crippen LogP contribution >= 0.6 is 11.6 Å². The number of hydrogen-bond donors (Lipinski definition) is 3. The van der Waals surface area contributed by atoms with E-state index >= 15 is 0 Å². The molecule has 6 nitrogen and oxygen atoms in total. The minimum atomic E-state index is -1.22. The number of benzene rings is 1. The van der Waals surface area contributed by atoms with E-state index in [2.05, 4.69) is 5.32 Å². The highest BCUT2D eigenvalue weighted by Gasteiger charge is 2.18. The van der Waals surface area contributed by atoms with E-state index in [1.165, 1.54) is 0 Å². The lowest BCUT2D eigenvalue weighted by molar-refractivity contribution is -0.692. The number of nitrogens with one attached hydrogen (secondary N) is 1. The number of aliphatic carboxylic acids is 1. The SMILES string of the molecule is C[NH2+]CCC[NH2+][C@@H](CC(=O)Nc1cccc(Cl)c1C)C(=O)[O-]. The molecule has 1 amide bonds. The number of halogens is 1. The van der Waals surface area contributed by atoms with Gasteiger partial charge in [-0.1, -0.05) is 17.7 Å². The van der Waals surface area contributed by atoms with Gasteiger partial charge in [0.05, 0.1) is 32.5 Å². The zero-order chi connectivity index (χ0) is 16.5. The zero-order valence-corrected chi connectivity index (χ0v) is 13.7. The largest absolute Gasteiger partial charge is 0.544 e. The van der Waals surface area contributed by atoms with Crippen molar-refractivity contribution >= 4 is 29.2 Å². The van der Waals surface area contributed by atoms with Crippen LogP contribution in [0.2, 0.25) is 5.02 Å². The van der Waals surface area contributed by atoms with Crippen molar-refractivity contribution in [3.05, 3.63) is 28.8 Å². The van der Waals surface area contributed by atoms with E-state index in [1.807, 2.05) is 12.4 Å². The van der Waals surface area contributed by atoms with Gasteiger partial charge in [-0.25, -0.2) is 0 Å². The first-order valence-corrected chi connectivity index (χ1v) is 7.70. The third kappa shape index (κ3) is 6.01. The maximum absolute atomic E-state index is 12.0. The van der Waals surface area contributed by atoms with Gasteiger partial charge in [0.25, 0.3) is 0 Å². The van der Waals surface area contributed by atoms with Crippen molar-refractivity contribution in [1.29, 1.82) is 0 Å².